The van der Waals surface area contributed by atoms with Crippen molar-refractivity contribution >= 4 is 17.7 Å². The van der Waals surface area contributed by atoms with Gasteiger partial charge in [0.2, 0.25) is 5.91 Å². The van der Waals surface area contributed by atoms with Gasteiger partial charge in [-0.1, -0.05) is 62.0 Å². The van der Waals surface area contributed by atoms with Gasteiger partial charge in [-0.2, -0.15) is 0 Å². The number of hydrogen-bond acceptors (Lipinski definition) is 6. The maximum Gasteiger partial charge on any atom is 0.230 e. The highest BCUT2D eigenvalue weighted by atomic mass is 32.2. The summed E-state index contributed by atoms with van der Waals surface area (Å²) in [5.74, 6) is 1.87. The molecule has 34 heavy (non-hydrogen) atoms. The minimum Gasteiger partial charge on any atom is -0.496 e. The lowest BCUT2D eigenvalue weighted by molar-refractivity contribution is -0.118. The molecule has 8 heteroatoms. The van der Waals surface area contributed by atoms with Crippen LogP contribution in [0, 0.1) is 0 Å². The van der Waals surface area contributed by atoms with Crippen molar-refractivity contribution in [2.45, 2.75) is 31.5 Å². The fourth-order valence-electron chi connectivity index (χ4n) is 3.67. The Bertz CT molecular complexity index is 1260. The Morgan fingerprint density at radius 2 is 1.85 bits per heavy atom. The van der Waals surface area contributed by atoms with Crippen LogP contribution in [0.15, 0.2) is 78.2 Å². The number of hydrogen-bond donors (Lipinski definition) is 1. The molecule has 0 aliphatic rings. The fraction of sp³-hybridized carbons (Fsp3) is 0.231. The lowest BCUT2D eigenvalue weighted by atomic mass is 10.0. The summed E-state index contributed by atoms with van der Waals surface area (Å²) in [7, 11) is 1.62. The SMILES string of the molecule is COc1ccccc1CNC(=O)CSc1nnc(-c2cccnc2)n1-c1ccccc1C(C)C. The molecule has 1 amide bonds. The van der Waals surface area contributed by atoms with Crippen LogP contribution in [0.2, 0.25) is 0 Å². The van der Waals surface area contributed by atoms with E-state index in [1.807, 2.05) is 53.1 Å². The standard InChI is InChI=1S/C26H27N5O2S/c1-18(2)21-11-5-6-12-22(21)31-25(20-10-8-14-27-15-20)29-30-26(31)34-17-24(32)28-16-19-9-4-7-13-23(19)33-3/h4-15,18H,16-17H2,1-3H3,(H,28,32). The summed E-state index contributed by atoms with van der Waals surface area (Å²) >= 11 is 1.36. The monoisotopic (exact) mass is 473 g/mol. The molecule has 0 atom stereocenters. The zero-order chi connectivity index (χ0) is 23.9. The Hall–Kier alpha value is -3.65. The largest absolute Gasteiger partial charge is 0.496 e. The van der Waals surface area contributed by atoms with Crippen molar-refractivity contribution in [2.24, 2.45) is 0 Å². The predicted octanol–water partition coefficient (Wildman–Crippen LogP) is 4.87. The number of ether oxygens (including phenoxy) is 1. The lowest BCUT2D eigenvalue weighted by Crippen LogP contribution is -2.25. The molecular formula is C26H27N5O2S. The van der Waals surface area contributed by atoms with Crippen molar-refractivity contribution in [3.63, 3.8) is 0 Å². The second-order valence-electron chi connectivity index (χ2n) is 7.97. The van der Waals surface area contributed by atoms with Crippen LogP contribution < -0.4 is 10.1 Å². The lowest BCUT2D eigenvalue weighted by Gasteiger charge is -2.17. The zero-order valence-corrected chi connectivity index (χ0v) is 20.2. The van der Waals surface area contributed by atoms with Crippen LogP contribution in [0.1, 0.15) is 30.9 Å². The highest BCUT2D eigenvalue weighted by Crippen LogP contribution is 2.31. The van der Waals surface area contributed by atoms with Gasteiger partial charge in [-0.3, -0.25) is 14.3 Å². The first kappa shape index (κ1) is 23.5. The van der Waals surface area contributed by atoms with Crippen LogP contribution in [0.3, 0.4) is 0 Å². The predicted molar refractivity (Wildman–Crippen MR) is 134 cm³/mol. The molecule has 1 N–H and O–H groups in total. The zero-order valence-electron chi connectivity index (χ0n) is 19.4. The third kappa shape index (κ3) is 5.28. The molecule has 0 aliphatic heterocycles. The molecule has 0 unspecified atom stereocenters. The number of aromatic nitrogens is 4. The molecular weight excluding hydrogens is 446 g/mol. The van der Waals surface area contributed by atoms with Gasteiger partial charge in [0.25, 0.3) is 0 Å². The Balaban J connectivity index is 1.58. The van der Waals surface area contributed by atoms with Crippen molar-refractivity contribution in [1.29, 1.82) is 0 Å². The number of nitrogens with zero attached hydrogens (tertiary/aromatic N) is 4. The molecule has 2 aromatic heterocycles. The summed E-state index contributed by atoms with van der Waals surface area (Å²) in [5.41, 5.74) is 3.96. The van der Waals surface area contributed by atoms with Gasteiger partial charge < -0.3 is 10.1 Å². The smallest absolute Gasteiger partial charge is 0.230 e. The van der Waals surface area contributed by atoms with Crippen LogP contribution in [-0.4, -0.2) is 38.5 Å². The molecule has 0 bridgehead atoms. The summed E-state index contributed by atoms with van der Waals surface area (Å²) < 4.78 is 7.38. The van der Waals surface area contributed by atoms with Gasteiger partial charge in [0.15, 0.2) is 11.0 Å². The summed E-state index contributed by atoms with van der Waals surface area (Å²) in [6.45, 7) is 4.71. The highest BCUT2D eigenvalue weighted by molar-refractivity contribution is 7.99. The number of methoxy groups -OCH3 is 1. The molecule has 0 spiro atoms. The maximum atomic E-state index is 12.6. The molecule has 2 aromatic carbocycles. The van der Waals surface area contributed by atoms with Gasteiger partial charge in [-0.15, -0.1) is 10.2 Å². The van der Waals surface area contributed by atoms with Crippen LogP contribution in [0.25, 0.3) is 17.1 Å². The average Bonchev–Trinajstić information content (AvgIpc) is 3.30. The summed E-state index contributed by atoms with van der Waals surface area (Å²) in [5, 5.41) is 12.5. The van der Waals surface area contributed by atoms with Crippen molar-refractivity contribution in [3.8, 4) is 22.8 Å². The number of benzene rings is 2. The second kappa shape index (κ2) is 11.0. The van der Waals surface area contributed by atoms with Gasteiger partial charge in [-0.25, -0.2) is 0 Å². The van der Waals surface area contributed by atoms with Gasteiger partial charge in [0, 0.05) is 30.1 Å². The van der Waals surface area contributed by atoms with Gasteiger partial charge >= 0.3 is 0 Å². The van der Waals surface area contributed by atoms with Crippen LogP contribution >= 0.6 is 11.8 Å². The molecule has 0 fully saturated rings. The number of pyridine rings is 1. The Morgan fingerprint density at radius 1 is 1.06 bits per heavy atom. The normalized spacial score (nSPS) is 10.9. The quantitative estimate of drug-likeness (QED) is 0.349. The van der Waals surface area contributed by atoms with E-state index in [4.69, 9.17) is 4.74 Å². The number of amides is 1. The number of nitrogens with one attached hydrogen (secondary N) is 1. The molecule has 7 nitrogen and oxygen atoms in total. The van der Waals surface area contributed by atoms with E-state index in [1.165, 1.54) is 17.3 Å². The number of carbonyl (C=O) groups excluding carboxylic acids is 1. The Morgan fingerprint density at radius 3 is 2.62 bits per heavy atom. The van der Waals surface area contributed by atoms with Crippen LogP contribution in [0.5, 0.6) is 5.75 Å². The Labute approximate surface area is 203 Å². The second-order valence-corrected chi connectivity index (χ2v) is 8.92. The minimum atomic E-state index is -0.0921. The van der Waals surface area contributed by atoms with Gasteiger partial charge in [-0.05, 0) is 35.7 Å². The van der Waals surface area contributed by atoms with Crippen LogP contribution in [0.4, 0.5) is 0 Å². The summed E-state index contributed by atoms with van der Waals surface area (Å²) in [6.07, 6.45) is 3.50. The highest BCUT2D eigenvalue weighted by Gasteiger charge is 2.20. The van der Waals surface area contributed by atoms with Crippen molar-refractivity contribution < 1.29 is 9.53 Å². The number of para-hydroxylation sites is 2. The maximum absolute atomic E-state index is 12.6. The van der Waals surface area contributed by atoms with E-state index in [-0.39, 0.29) is 11.7 Å². The molecule has 0 radical (unpaired) electrons. The molecule has 0 saturated heterocycles. The van der Waals surface area contributed by atoms with Crippen LogP contribution in [-0.2, 0) is 11.3 Å². The van der Waals surface area contributed by atoms with E-state index in [9.17, 15) is 4.79 Å². The Kier molecular flexibility index (Phi) is 7.59. The number of rotatable bonds is 9. The number of carbonyl (C=O) groups is 1. The topological polar surface area (TPSA) is 81.9 Å². The third-order valence-electron chi connectivity index (χ3n) is 5.35. The van der Waals surface area contributed by atoms with E-state index >= 15 is 0 Å². The molecule has 0 saturated carbocycles. The summed E-state index contributed by atoms with van der Waals surface area (Å²) in [4.78, 5) is 16.9. The van der Waals surface area contributed by atoms with E-state index in [0.29, 0.717) is 23.4 Å². The van der Waals surface area contributed by atoms with Crippen molar-refractivity contribution in [2.75, 3.05) is 12.9 Å². The first-order valence-corrected chi connectivity index (χ1v) is 12.0. The first-order chi connectivity index (χ1) is 16.6. The molecule has 4 aromatic rings. The molecule has 2 heterocycles. The molecule has 0 aliphatic carbocycles. The average molecular weight is 474 g/mol. The van der Waals surface area contributed by atoms with E-state index < -0.39 is 0 Å². The van der Waals surface area contributed by atoms with E-state index in [1.54, 1.807) is 19.5 Å². The van der Waals surface area contributed by atoms with Crippen molar-refractivity contribution in [3.05, 3.63) is 84.2 Å². The summed E-state index contributed by atoms with van der Waals surface area (Å²) in [6, 6.07) is 19.7. The fourth-order valence-corrected chi connectivity index (χ4v) is 4.44. The number of thioether (sulfide) groups is 1. The van der Waals surface area contributed by atoms with Gasteiger partial charge in [0.1, 0.15) is 5.75 Å². The minimum absolute atomic E-state index is 0.0921. The van der Waals surface area contributed by atoms with Gasteiger partial charge in [0.05, 0.1) is 18.6 Å². The molecule has 174 valence electrons. The molecule has 4 rings (SSSR count). The van der Waals surface area contributed by atoms with E-state index in [0.717, 1.165) is 22.6 Å². The van der Waals surface area contributed by atoms with Crippen molar-refractivity contribution in [1.82, 2.24) is 25.1 Å². The first-order valence-electron chi connectivity index (χ1n) is 11.0. The van der Waals surface area contributed by atoms with E-state index in [2.05, 4.69) is 46.5 Å². The third-order valence-corrected chi connectivity index (χ3v) is 6.28.